The molecule has 5 nitrogen and oxygen atoms in total. The van der Waals surface area contributed by atoms with Gasteiger partial charge in [-0.25, -0.2) is 14.2 Å². The van der Waals surface area contributed by atoms with E-state index in [0.29, 0.717) is 38.4 Å². The third-order valence-corrected chi connectivity index (χ3v) is 4.29. The number of thiocarbonyl (C=S) groups is 1. The number of hydrogen-bond acceptors (Lipinski definition) is 2. The molecule has 1 aliphatic rings. The molecule has 1 fully saturated rings. The Balaban J connectivity index is 2.04. The number of nitrogens with one attached hydrogen (secondary N) is 1. The molecule has 152 valence electrons. The van der Waals surface area contributed by atoms with E-state index < -0.39 is 23.6 Å². The van der Waals surface area contributed by atoms with Crippen LogP contribution in [0.1, 0.15) is 37.3 Å². The second-order valence-corrected chi connectivity index (χ2v) is 6.75. The van der Waals surface area contributed by atoms with Gasteiger partial charge in [0, 0.05) is 18.7 Å². The van der Waals surface area contributed by atoms with Crippen molar-refractivity contribution >= 4 is 35.3 Å². The largest absolute Gasteiger partial charge is 0.416 e. The van der Waals surface area contributed by atoms with E-state index in [1.54, 1.807) is 17.9 Å². The first-order valence-electron chi connectivity index (χ1n) is 8.53. The van der Waals surface area contributed by atoms with Gasteiger partial charge in [-0.15, -0.1) is 0 Å². The Morgan fingerprint density at radius 1 is 1.32 bits per heavy atom. The highest BCUT2D eigenvalue weighted by atomic mass is 32.1. The molecule has 0 saturated carbocycles. The lowest BCUT2D eigenvalue weighted by atomic mass is 10.0. The van der Waals surface area contributed by atoms with Gasteiger partial charge in [-0.1, -0.05) is 17.7 Å². The Labute approximate surface area is 165 Å². The number of amides is 2. The van der Waals surface area contributed by atoms with Gasteiger partial charge in [-0.2, -0.15) is 13.2 Å². The first-order valence-corrected chi connectivity index (χ1v) is 8.94. The fourth-order valence-corrected chi connectivity index (χ4v) is 2.99. The van der Waals surface area contributed by atoms with E-state index in [0.717, 1.165) is 17.7 Å². The van der Waals surface area contributed by atoms with E-state index in [9.17, 15) is 22.4 Å². The predicted molar refractivity (Wildman–Crippen MR) is 103 cm³/mol. The van der Waals surface area contributed by atoms with Crippen molar-refractivity contribution in [3.8, 4) is 0 Å². The number of likely N-dealkylation sites (tertiary alicyclic amines) is 1. The van der Waals surface area contributed by atoms with Crippen molar-refractivity contribution in [1.29, 1.82) is 0 Å². The fourth-order valence-electron chi connectivity index (χ4n) is 2.76. The molecule has 0 unspecified atom stereocenters. The Hall–Kier alpha value is -2.49. The first kappa shape index (κ1) is 21.8. The van der Waals surface area contributed by atoms with E-state index in [2.05, 4.69) is 10.3 Å². The van der Waals surface area contributed by atoms with Gasteiger partial charge in [0.2, 0.25) is 5.11 Å². The highest BCUT2D eigenvalue weighted by Gasteiger charge is 2.31. The van der Waals surface area contributed by atoms with Gasteiger partial charge in [0.05, 0.1) is 11.4 Å². The Morgan fingerprint density at radius 2 is 2.04 bits per heavy atom. The van der Waals surface area contributed by atoms with Gasteiger partial charge >= 0.3 is 12.2 Å². The molecule has 2 rings (SSSR count). The van der Waals surface area contributed by atoms with Crippen LogP contribution >= 0.6 is 12.2 Å². The minimum atomic E-state index is -4.59. The lowest BCUT2D eigenvalue weighted by Crippen LogP contribution is -2.42. The van der Waals surface area contributed by atoms with E-state index in [1.807, 2.05) is 0 Å². The van der Waals surface area contributed by atoms with Gasteiger partial charge in [0.25, 0.3) is 0 Å². The number of halogens is 4. The molecule has 28 heavy (non-hydrogen) atoms. The standard InChI is InChI=1S/C18H20F4N4OS/c1-11(23)24-16(28)25-17(27)26-7-2-3-12(6-8-26)9-13-4-5-14(10-15(13)19)18(20,21)22/h4-5,9-10H,2-3,6-8H2,1H3,(H3,23,24,25,27,28)/b12-9-. The molecule has 1 aliphatic heterocycles. The Morgan fingerprint density at radius 3 is 2.64 bits per heavy atom. The molecule has 0 aromatic heterocycles. The Bertz CT molecular complexity index is 816. The molecule has 0 spiro atoms. The number of aliphatic imine (C=N–C) groups is 1. The van der Waals surface area contributed by atoms with E-state index in [-0.39, 0.29) is 16.5 Å². The van der Waals surface area contributed by atoms with Crippen molar-refractivity contribution in [3.63, 3.8) is 0 Å². The predicted octanol–water partition coefficient (Wildman–Crippen LogP) is 4.09. The number of nitrogens with two attached hydrogens (primary N) is 1. The third-order valence-electron chi connectivity index (χ3n) is 4.10. The molecule has 0 atom stereocenters. The maximum atomic E-state index is 14.0. The summed E-state index contributed by atoms with van der Waals surface area (Å²) in [6, 6.07) is 2.06. The van der Waals surface area contributed by atoms with Crippen LogP contribution in [0.5, 0.6) is 0 Å². The van der Waals surface area contributed by atoms with Crippen LogP contribution in [0.2, 0.25) is 0 Å². The summed E-state index contributed by atoms with van der Waals surface area (Å²) in [7, 11) is 0. The molecular weight excluding hydrogens is 396 g/mol. The monoisotopic (exact) mass is 416 g/mol. The minimum Gasteiger partial charge on any atom is -0.387 e. The van der Waals surface area contributed by atoms with Crippen LogP contribution in [-0.4, -0.2) is 35.0 Å². The normalized spacial score (nSPS) is 17.4. The van der Waals surface area contributed by atoms with E-state index in [4.69, 9.17) is 18.0 Å². The smallest absolute Gasteiger partial charge is 0.387 e. The second-order valence-electron chi connectivity index (χ2n) is 6.37. The zero-order chi connectivity index (χ0) is 20.9. The summed E-state index contributed by atoms with van der Waals surface area (Å²) in [5.41, 5.74) is 5.33. The highest BCUT2D eigenvalue weighted by Crippen LogP contribution is 2.31. The first-order chi connectivity index (χ1) is 13.1. The van der Waals surface area contributed by atoms with Crippen molar-refractivity contribution < 1.29 is 22.4 Å². The molecule has 0 bridgehead atoms. The van der Waals surface area contributed by atoms with E-state index >= 15 is 0 Å². The summed E-state index contributed by atoms with van der Waals surface area (Å²) < 4.78 is 52.0. The van der Waals surface area contributed by atoms with Crippen molar-refractivity contribution in [2.24, 2.45) is 10.7 Å². The van der Waals surface area contributed by atoms with Crippen LogP contribution in [0.25, 0.3) is 6.08 Å². The van der Waals surface area contributed by atoms with E-state index in [1.165, 1.54) is 0 Å². The average molecular weight is 416 g/mol. The maximum absolute atomic E-state index is 14.0. The van der Waals surface area contributed by atoms with Crippen LogP contribution in [-0.2, 0) is 6.18 Å². The summed E-state index contributed by atoms with van der Waals surface area (Å²) in [6.45, 7) is 2.38. The van der Waals surface area contributed by atoms with Gasteiger partial charge in [0.15, 0.2) is 0 Å². The topological polar surface area (TPSA) is 70.7 Å². The number of amidine groups is 1. The van der Waals surface area contributed by atoms with Crippen LogP contribution in [0.3, 0.4) is 0 Å². The molecule has 3 N–H and O–H groups in total. The molecule has 1 saturated heterocycles. The zero-order valence-electron chi connectivity index (χ0n) is 15.1. The molecule has 2 amide bonds. The van der Waals surface area contributed by atoms with Crippen LogP contribution in [0, 0.1) is 5.82 Å². The van der Waals surface area contributed by atoms with Crippen molar-refractivity contribution in [3.05, 3.63) is 40.7 Å². The number of carbonyl (C=O) groups excluding carboxylic acids is 1. The molecule has 1 aromatic rings. The van der Waals surface area contributed by atoms with Crippen LogP contribution in [0.4, 0.5) is 22.4 Å². The third kappa shape index (κ3) is 6.29. The summed E-state index contributed by atoms with van der Waals surface area (Å²) in [4.78, 5) is 17.6. The van der Waals surface area contributed by atoms with Crippen LogP contribution < -0.4 is 11.1 Å². The molecule has 1 heterocycles. The SMILES string of the molecule is C/C(N)=N/C(=S)NC(=O)N1CCC/C(=C/c2ccc(C(F)(F)F)cc2F)CC1. The molecule has 10 heteroatoms. The molecular formula is C18H20F4N4OS. The second kappa shape index (κ2) is 9.13. The van der Waals surface area contributed by atoms with Gasteiger partial charge in [0.1, 0.15) is 5.82 Å². The summed E-state index contributed by atoms with van der Waals surface area (Å²) in [5.74, 6) is -0.702. The van der Waals surface area contributed by atoms with Crippen molar-refractivity contribution in [1.82, 2.24) is 10.2 Å². The van der Waals surface area contributed by atoms with Crippen molar-refractivity contribution in [2.75, 3.05) is 13.1 Å². The number of nitrogens with zero attached hydrogens (tertiary/aromatic N) is 2. The lowest BCUT2D eigenvalue weighted by molar-refractivity contribution is -0.137. The van der Waals surface area contributed by atoms with Crippen molar-refractivity contribution in [2.45, 2.75) is 32.4 Å². The fraction of sp³-hybridized carbons (Fsp3) is 0.389. The lowest BCUT2D eigenvalue weighted by Gasteiger charge is -2.20. The number of alkyl halides is 3. The number of carbonyl (C=O) groups is 1. The average Bonchev–Trinajstić information content (AvgIpc) is 2.80. The maximum Gasteiger partial charge on any atom is 0.416 e. The summed E-state index contributed by atoms with van der Waals surface area (Å²) in [6.07, 6.45) is -1.33. The van der Waals surface area contributed by atoms with Gasteiger partial charge in [-0.05, 0) is 50.5 Å². The summed E-state index contributed by atoms with van der Waals surface area (Å²) >= 11 is 4.91. The minimum absolute atomic E-state index is 0.0307. The highest BCUT2D eigenvalue weighted by molar-refractivity contribution is 7.80. The summed E-state index contributed by atoms with van der Waals surface area (Å²) in [5, 5.41) is 2.44. The zero-order valence-corrected chi connectivity index (χ0v) is 16.0. The number of urea groups is 1. The molecule has 0 aliphatic carbocycles. The van der Waals surface area contributed by atoms with Gasteiger partial charge < -0.3 is 10.6 Å². The molecule has 0 radical (unpaired) electrons. The number of benzene rings is 1. The van der Waals surface area contributed by atoms with Crippen LogP contribution in [0.15, 0.2) is 28.8 Å². The Kier molecular flexibility index (Phi) is 7.11. The quantitative estimate of drug-likeness (QED) is 0.314. The number of rotatable bonds is 1. The molecule has 1 aromatic carbocycles. The number of hydrogen-bond donors (Lipinski definition) is 2. The van der Waals surface area contributed by atoms with Gasteiger partial charge in [-0.3, -0.25) is 5.32 Å².